The molecule has 2 aromatic carbocycles. The van der Waals surface area contributed by atoms with Crippen molar-refractivity contribution in [3.63, 3.8) is 0 Å². The number of ether oxygens (including phenoxy) is 1. The van der Waals surface area contributed by atoms with Crippen LogP contribution in [0.4, 0.5) is 10.5 Å². The molecule has 1 N–H and O–H groups in total. The van der Waals surface area contributed by atoms with E-state index in [1.54, 1.807) is 6.20 Å². The first-order valence-corrected chi connectivity index (χ1v) is 8.79. The topological polar surface area (TPSA) is 60.3 Å². The molecule has 0 unspecified atom stereocenters. The van der Waals surface area contributed by atoms with E-state index in [4.69, 9.17) is 4.74 Å². The number of rotatable bonds is 1. The number of carbonyl (C=O) groups is 2. The standard InChI is InChI=1S/C22H20N2O3/c1-22(2,3)27-21(26)24-13-14(15-8-5-7-11-19(15)24)12-17-16-9-4-6-10-18(16)23-20(17)25/h4-13H,1-3H3,(H,23,25). The Morgan fingerprint density at radius 1 is 1.07 bits per heavy atom. The van der Waals surface area contributed by atoms with E-state index in [1.165, 1.54) is 4.57 Å². The number of nitrogens with zero attached hydrogens (tertiary/aromatic N) is 1. The van der Waals surface area contributed by atoms with Crippen molar-refractivity contribution in [2.75, 3.05) is 5.32 Å². The monoisotopic (exact) mass is 360 g/mol. The molecule has 1 aliphatic rings. The van der Waals surface area contributed by atoms with E-state index >= 15 is 0 Å². The van der Waals surface area contributed by atoms with Gasteiger partial charge in [-0.3, -0.25) is 9.36 Å². The van der Waals surface area contributed by atoms with Gasteiger partial charge in [-0.15, -0.1) is 0 Å². The lowest BCUT2D eigenvalue weighted by atomic mass is 10.0. The van der Waals surface area contributed by atoms with Crippen LogP contribution in [-0.2, 0) is 9.53 Å². The Kier molecular flexibility index (Phi) is 3.88. The molecule has 1 amide bonds. The molecule has 5 heteroatoms. The molecule has 0 bridgehead atoms. The summed E-state index contributed by atoms with van der Waals surface area (Å²) in [6.45, 7) is 5.50. The van der Waals surface area contributed by atoms with Crippen LogP contribution in [0, 0.1) is 0 Å². The fourth-order valence-electron chi connectivity index (χ4n) is 3.22. The van der Waals surface area contributed by atoms with E-state index in [0.717, 1.165) is 27.7 Å². The van der Waals surface area contributed by atoms with Crippen molar-refractivity contribution >= 4 is 40.2 Å². The Morgan fingerprint density at radius 2 is 1.78 bits per heavy atom. The summed E-state index contributed by atoms with van der Waals surface area (Å²) in [6, 6.07) is 15.1. The zero-order valence-electron chi connectivity index (χ0n) is 15.4. The molecule has 0 saturated carbocycles. The van der Waals surface area contributed by atoms with E-state index in [9.17, 15) is 9.59 Å². The van der Waals surface area contributed by atoms with Gasteiger partial charge in [0.2, 0.25) is 0 Å². The van der Waals surface area contributed by atoms with E-state index in [1.807, 2.05) is 75.4 Å². The maximum absolute atomic E-state index is 12.6. The van der Waals surface area contributed by atoms with Gasteiger partial charge in [-0.05, 0) is 39.0 Å². The van der Waals surface area contributed by atoms with Gasteiger partial charge in [-0.1, -0.05) is 36.4 Å². The lowest BCUT2D eigenvalue weighted by Gasteiger charge is -2.19. The number of benzene rings is 2. The Morgan fingerprint density at radius 3 is 2.56 bits per heavy atom. The molecule has 0 aliphatic carbocycles. The fraction of sp³-hybridized carbons (Fsp3) is 0.182. The van der Waals surface area contributed by atoms with Crippen molar-refractivity contribution in [2.45, 2.75) is 26.4 Å². The number of carbonyl (C=O) groups excluding carboxylic acids is 2. The number of nitrogens with one attached hydrogen (secondary N) is 1. The molecule has 0 spiro atoms. The number of para-hydroxylation sites is 2. The minimum Gasteiger partial charge on any atom is -0.443 e. The first-order valence-electron chi connectivity index (χ1n) is 8.79. The van der Waals surface area contributed by atoms with Crippen LogP contribution in [-0.4, -0.2) is 22.2 Å². The van der Waals surface area contributed by atoms with Crippen molar-refractivity contribution in [2.24, 2.45) is 0 Å². The quantitative estimate of drug-likeness (QED) is 0.627. The van der Waals surface area contributed by atoms with Crippen molar-refractivity contribution in [3.8, 4) is 0 Å². The third kappa shape index (κ3) is 3.12. The van der Waals surface area contributed by atoms with Gasteiger partial charge in [-0.25, -0.2) is 4.79 Å². The fourth-order valence-corrected chi connectivity index (χ4v) is 3.22. The minimum absolute atomic E-state index is 0.148. The zero-order chi connectivity index (χ0) is 19.2. The molecule has 136 valence electrons. The zero-order valence-corrected chi connectivity index (χ0v) is 15.4. The van der Waals surface area contributed by atoms with E-state index < -0.39 is 11.7 Å². The van der Waals surface area contributed by atoms with Crippen LogP contribution in [0.3, 0.4) is 0 Å². The third-order valence-corrected chi connectivity index (χ3v) is 4.34. The van der Waals surface area contributed by atoms with Crippen LogP contribution in [0.2, 0.25) is 0 Å². The summed E-state index contributed by atoms with van der Waals surface area (Å²) >= 11 is 0. The average Bonchev–Trinajstić information content (AvgIpc) is 3.12. The van der Waals surface area contributed by atoms with Crippen molar-refractivity contribution < 1.29 is 14.3 Å². The summed E-state index contributed by atoms with van der Waals surface area (Å²) in [5.41, 5.74) is 3.17. The molecule has 27 heavy (non-hydrogen) atoms. The number of hydrogen-bond donors (Lipinski definition) is 1. The van der Waals surface area contributed by atoms with Gasteiger partial charge in [0.25, 0.3) is 5.91 Å². The van der Waals surface area contributed by atoms with Crippen LogP contribution in [0.5, 0.6) is 0 Å². The molecular formula is C22H20N2O3. The highest BCUT2D eigenvalue weighted by Gasteiger charge is 2.25. The average molecular weight is 360 g/mol. The van der Waals surface area contributed by atoms with E-state index in [2.05, 4.69) is 5.32 Å². The number of anilines is 1. The molecular weight excluding hydrogens is 340 g/mol. The van der Waals surface area contributed by atoms with Crippen LogP contribution in [0.25, 0.3) is 22.6 Å². The minimum atomic E-state index is -0.592. The highest BCUT2D eigenvalue weighted by atomic mass is 16.6. The largest absolute Gasteiger partial charge is 0.443 e. The summed E-state index contributed by atoms with van der Waals surface area (Å²) in [6.07, 6.45) is 3.10. The molecule has 3 aromatic rings. The molecule has 5 nitrogen and oxygen atoms in total. The second kappa shape index (κ2) is 6.13. The first kappa shape index (κ1) is 17.1. The normalized spacial score (nSPS) is 15.1. The number of amides is 1. The highest BCUT2D eigenvalue weighted by Crippen LogP contribution is 2.34. The second-order valence-corrected chi connectivity index (χ2v) is 7.51. The molecule has 0 fully saturated rings. The Bertz CT molecular complexity index is 1100. The number of fused-ring (bicyclic) bond motifs is 2. The van der Waals surface area contributed by atoms with Gasteiger partial charge in [0.1, 0.15) is 5.60 Å². The highest BCUT2D eigenvalue weighted by molar-refractivity contribution is 6.35. The van der Waals surface area contributed by atoms with Gasteiger partial charge in [0.15, 0.2) is 0 Å². The third-order valence-electron chi connectivity index (χ3n) is 4.34. The molecule has 0 saturated heterocycles. The predicted molar refractivity (Wildman–Crippen MR) is 107 cm³/mol. The lowest BCUT2D eigenvalue weighted by molar-refractivity contribution is -0.110. The Balaban J connectivity index is 1.84. The van der Waals surface area contributed by atoms with E-state index in [0.29, 0.717) is 5.57 Å². The van der Waals surface area contributed by atoms with Crippen molar-refractivity contribution in [1.82, 2.24) is 4.57 Å². The Hall–Kier alpha value is -3.34. The smallest absolute Gasteiger partial charge is 0.419 e. The summed E-state index contributed by atoms with van der Waals surface area (Å²) in [5, 5.41) is 3.75. The van der Waals surface area contributed by atoms with Gasteiger partial charge in [0.05, 0.1) is 5.52 Å². The van der Waals surface area contributed by atoms with Gasteiger partial charge in [-0.2, -0.15) is 0 Å². The van der Waals surface area contributed by atoms with Crippen LogP contribution in [0.15, 0.2) is 54.7 Å². The van der Waals surface area contributed by atoms with E-state index in [-0.39, 0.29) is 5.91 Å². The maximum atomic E-state index is 12.6. The maximum Gasteiger partial charge on any atom is 0.419 e. The van der Waals surface area contributed by atoms with Crippen LogP contribution < -0.4 is 5.32 Å². The van der Waals surface area contributed by atoms with Gasteiger partial charge < -0.3 is 10.1 Å². The SMILES string of the molecule is CC(C)(C)OC(=O)n1cc(C=C2C(=O)Nc3ccccc32)c2ccccc21. The van der Waals surface area contributed by atoms with Gasteiger partial charge >= 0.3 is 6.09 Å². The molecule has 0 atom stereocenters. The number of hydrogen-bond acceptors (Lipinski definition) is 3. The second-order valence-electron chi connectivity index (χ2n) is 7.51. The molecule has 0 radical (unpaired) electrons. The molecule has 4 rings (SSSR count). The molecule has 1 aromatic heterocycles. The van der Waals surface area contributed by atoms with Crippen molar-refractivity contribution in [1.29, 1.82) is 0 Å². The van der Waals surface area contributed by atoms with Crippen LogP contribution >= 0.6 is 0 Å². The Labute approximate surface area is 157 Å². The van der Waals surface area contributed by atoms with Crippen molar-refractivity contribution in [3.05, 3.63) is 65.9 Å². The number of aromatic nitrogens is 1. The van der Waals surface area contributed by atoms with Crippen LogP contribution in [0.1, 0.15) is 31.9 Å². The lowest BCUT2D eigenvalue weighted by Crippen LogP contribution is -2.26. The summed E-state index contributed by atoms with van der Waals surface area (Å²) < 4.78 is 7.01. The summed E-state index contributed by atoms with van der Waals surface area (Å²) in [5.74, 6) is -0.148. The van der Waals surface area contributed by atoms with Gasteiger partial charge in [0, 0.05) is 34.0 Å². The summed E-state index contributed by atoms with van der Waals surface area (Å²) in [7, 11) is 0. The predicted octanol–water partition coefficient (Wildman–Crippen LogP) is 4.92. The summed E-state index contributed by atoms with van der Waals surface area (Å²) in [4.78, 5) is 25.1. The molecule has 2 heterocycles. The molecule has 1 aliphatic heterocycles. The first-order chi connectivity index (χ1) is 12.8.